The number of carbonyl (C=O) groups excluding carboxylic acids is 1. The van der Waals surface area contributed by atoms with Gasteiger partial charge >= 0.3 is 0 Å². The molecule has 88 valence electrons. The molecule has 0 unspecified atom stereocenters. The molecule has 1 aromatic rings. The summed E-state index contributed by atoms with van der Waals surface area (Å²) in [4.78, 5) is 11.8. The lowest BCUT2D eigenvalue weighted by Crippen LogP contribution is -2.08. The van der Waals surface area contributed by atoms with E-state index in [4.69, 9.17) is 4.74 Å². The highest BCUT2D eigenvalue weighted by Crippen LogP contribution is 2.22. The van der Waals surface area contributed by atoms with Crippen LogP contribution < -0.4 is 0 Å². The van der Waals surface area contributed by atoms with Gasteiger partial charge in [-0.15, -0.1) is 0 Å². The summed E-state index contributed by atoms with van der Waals surface area (Å²) < 4.78 is 5.26. The lowest BCUT2D eigenvalue weighted by atomic mass is 9.98. The second-order valence-electron chi connectivity index (χ2n) is 4.01. The zero-order valence-corrected chi connectivity index (χ0v) is 9.99. The van der Waals surface area contributed by atoms with Gasteiger partial charge < -0.3 is 9.84 Å². The Morgan fingerprint density at radius 1 is 1.44 bits per heavy atom. The van der Waals surface area contributed by atoms with E-state index < -0.39 is 0 Å². The van der Waals surface area contributed by atoms with Gasteiger partial charge in [0.05, 0.1) is 12.2 Å². The first-order chi connectivity index (χ1) is 7.56. The fourth-order valence-electron chi connectivity index (χ4n) is 1.40. The lowest BCUT2D eigenvalue weighted by Gasteiger charge is -2.09. The molecule has 0 saturated carbocycles. The van der Waals surface area contributed by atoms with Crippen molar-refractivity contribution in [3.8, 4) is 5.75 Å². The molecule has 0 radical (unpaired) electrons. The van der Waals surface area contributed by atoms with Gasteiger partial charge in [-0.3, -0.25) is 4.79 Å². The lowest BCUT2D eigenvalue weighted by molar-refractivity contribution is 0.0936. The monoisotopic (exact) mass is 222 g/mol. The largest absolute Gasteiger partial charge is 0.507 e. The van der Waals surface area contributed by atoms with E-state index in [-0.39, 0.29) is 17.5 Å². The molecule has 0 atom stereocenters. The third kappa shape index (κ3) is 3.07. The molecule has 1 rings (SSSR count). The fraction of sp³-hybridized carbons (Fsp3) is 0.462. The molecule has 0 fully saturated rings. The molecule has 16 heavy (non-hydrogen) atoms. The summed E-state index contributed by atoms with van der Waals surface area (Å²) >= 11 is 0. The van der Waals surface area contributed by atoms with E-state index in [1.807, 2.05) is 20.8 Å². The van der Waals surface area contributed by atoms with Crippen LogP contribution in [0.25, 0.3) is 0 Å². The van der Waals surface area contributed by atoms with E-state index in [9.17, 15) is 9.90 Å². The predicted octanol–water partition coefficient (Wildman–Crippen LogP) is 2.77. The molecule has 1 aromatic carbocycles. The number of benzene rings is 1. The average molecular weight is 222 g/mol. The molecule has 3 heteroatoms. The van der Waals surface area contributed by atoms with Gasteiger partial charge in [0.1, 0.15) is 5.75 Å². The number of phenolic OH excluding ortho intramolecular Hbond substituents is 1. The topological polar surface area (TPSA) is 46.5 Å². The zero-order valence-electron chi connectivity index (χ0n) is 9.99. The van der Waals surface area contributed by atoms with E-state index in [0.717, 1.165) is 5.56 Å². The van der Waals surface area contributed by atoms with Crippen molar-refractivity contribution in [2.45, 2.75) is 27.4 Å². The Morgan fingerprint density at radius 2 is 2.12 bits per heavy atom. The molecule has 0 aliphatic rings. The third-order valence-corrected chi connectivity index (χ3v) is 2.32. The van der Waals surface area contributed by atoms with E-state index in [1.165, 1.54) is 0 Å². The first kappa shape index (κ1) is 12.7. The van der Waals surface area contributed by atoms with Gasteiger partial charge in [-0.2, -0.15) is 0 Å². The van der Waals surface area contributed by atoms with Gasteiger partial charge in [-0.25, -0.2) is 0 Å². The highest BCUT2D eigenvalue weighted by molar-refractivity contribution is 5.99. The van der Waals surface area contributed by atoms with Crippen LogP contribution in [0.2, 0.25) is 0 Å². The second kappa shape index (κ2) is 5.66. The number of ether oxygens (including phenoxy) is 1. The molecular formula is C13H18O3. The van der Waals surface area contributed by atoms with Crippen LogP contribution in [0.5, 0.6) is 5.75 Å². The summed E-state index contributed by atoms with van der Waals surface area (Å²) in [5, 5.41) is 9.62. The van der Waals surface area contributed by atoms with Crippen molar-refractivity contribution in [3.05, 3.63) is 29.3 Å². The predicted molar refractivity (Wildman–Crippen MR) is 62.6 cm³/mol. The van der Waals surface area contributed by atoms with Crippen LogP contribution in [0, 0.1) is 5.92 Å². The van der Waals surface area contributed by atoms with Crippen LogP contribution in [0.4, 0.5) is 0 Å². The van der Waals surface area contributed by atoms with Crippen molar-refractivity contribution in [2.75, 3.05) is 6.61 Å². The van der Waals surface area contributed by atoms with Gasteiger partial charge in [0.2, 0.25) is 0 Å². The summed E-state index contributed by atoms with van der Waals surface area (Å²) in [6.45, 7) is 6.65. The Balaban J connectivity index is 2.94. The normalized spacial score (nSPS) is 10.8. The molecular weight excluding hydrogens is 204 g/mol. The molecule has 0 aliphatic heterocycles. The Hall–Kier alpha value is -1.35. The molecule has 0 aromatic heterocycles. The summed E-state index contributed by atoms with van der Waals surface area (Å²) in [5.41, 5.74) is 1.29. The maximum Gasteiger partial charge on any atom is 0.169 e. The van der Waals surface area contributed by atoms with Crippen molar-refractivity contribution < 1.29 is 14.6 Å². The maximum atomic E-state index is 11.8. The minimum absolute atomic E-state index is 0.0407. The number of phenols is 1. The van der Waals surface area contributed by atoms with Crippen molar-refractivity contribution in [1.82, 2.24) is 0 Å². The summed E-state index contributed by atoms with van der Waals surface area (Å²) in [6, 6.07) is 5.01. The van der Waals surface area contributed by atoms with Crippen molar-refractivity contribution in [3.63, 3.8) is 0 Å². The molecule has 0 heterocycles. The molecule has 0 bridgehead atoms. The first-order valence-electron chi connectivity index (χ1n) is 5.50. The number of Topliss-reactive ketones (excluding diaryl/α,β-unsaturated/α-hetero) is 1. The number of rotatable bonds is 5. The van der Waals surface area contributed by atoms with Crippen molar-refractivity contribution >= 4 is 5.78 Å². The first-order valence-corrected chi connectivity index (χ1v) is 5.50. The van der Waals surface area contributed by atoms with Crippen molar-refractivity contribution in [1.29, 1.82) is 0 Å². The Bertz CT molecular complexity index is 369. The Labute approximate surface area is 96.1 Å². The van der Waals surface area contributed by atoms with E-state index in [2.05, 4.69) is 0 Å². The molecule has 0 spiro atoms. The summed E-state index contributed by atoms with van der Waals surface area (Å²) in [5.74, 6) is -0.122. The number of hydrogen-bond acceptors (Lipinski definition) is 3. The number of aromatic hydroxyl groups is 1. The minimum Gasteiger partial charge on any atom is -0.507 e. The van der Waals surface area contributed by atoms with Gasteiger partial charge in [0.15, 0.2) is 5.78 Å². The SMILES string of the molecule is CCOCc1ccc(O)c(C(=O)C(C)C)c1. The second-order valence-corrected chi connectivity index (χ2v) is 4.01. The third-order valence-electron chi connectivity index (χ3n) is 2.32. The molecule has 0 aliphatic carbocycles. The van der Waals surface area contributed by atoms with Crippen LogP contribution in [0.1, 0.15) is 36.7 Å². The summed E-state index contributed by atoms with van der Waals surface area (Å²) in [7, 11) is 0. The zero-order chi connectivity index (χ0) is 12.1. The molecule has 3 nitrogen and oxygen atoms in total. The maximum absolute atomic E-state index is 11.8. The van der Waals surface area contributed by atoms with Gasteiger partial charge in [-0.05, 0) is 24.6 Å². The van der Waals surface area contributed by atoms with E-state index in [0.29, 0.717) is 18.8 Å². The van der Waals surface area contributed by atoms with Crippen LogP contribution >= 0.6 is 0 Å². The Kier molecular flexibility index (Phi) is 4.50. The number of carbonyl (C=O) groups is 1. The average Bonchev–Trinajstić information content (AvgIpc) is 2.27. The molecule has 1 N–H and O–H groups in total. The minimum atomic E-state index is -0.117. The fourth-order valence-corrected chi connectivity index (χ4v) is 1.40. The molecule has 0 saturated heterocycles. The summed E-state index contributed by atoms with van der Waals surface area (Å²) in [6.07, 6.45) is 0. The Morgan fingerprint density at radius 3 is 2.69 bits per heavy atom. The highest BCUT2D eigenvalue weighted by atomic mass is 16.5. The van der Waals surface area contributed by atoms with Crippen LogP contribution in [-0.4, -0.2) is 17.5 Å². The quantitative estimate of drug-likeness (QED) is 0.779. The van der Waals surface area contributed by atoms with Crippen molar-refractivity contribution in [2.24, 2.45) is 5.92 Å². The van der Waals surface area contributed by atoms with E-state index in [1.54, 1.807) is 18.2 Å². The van der Waals surface area contributed by atoms with E-state index >= 15 is 0 Å². The number of hydrogen-bond donors (Lipinski definition) is 1. The molecule has 0 amide bonds. The standard InChI is InChI=1S/C13H18O3/c1-4-16-8-10-5-6-12(14)11(7-10)13(15)9(2)3/h5-7,9,14H,4,8H2,1-3H3. The smallest absolute Gasteiger partial charge is 0.169 e. The van der Waals surface area contributed by atoms with Gasteiger partial charge in [0.25, 0.3) is 0 Å². The van der Waals surface area contributed by atoms with Crippen LogP contribution in [0.3, 0.4) is 0 Å². The van der Waals surface area contributed by atoms with Crippen LogP contribution in [-0.2, 0) is 11.3 Å². The van der Waals surface area contributed by atoms with Crippen LogP contribution in [0.15, 0.2) is 18.2 Å². The van der Waals surface area contributed by atoms with Gasteiger partial charge in [0, 0.05) is 12.5 Å². The number of ketones is 1. The van der Waals surface area contributed by atoms with Gasteiger partial charge in [-0.1, -0.05) is 19.9 Å². The highest BCUT2D eigenvalue weighted by Gasteiger charge is 2.15.